The molecular weight excluding hydrogens is 721 g/mol. The molecule has 1 unspecified atom stereocenters. The van der Waals surface area contributed by atoms with Crippen LogP contribution in [0.5, 0.6) is 0 Å². The molecule has 0 aromatic carbocycles. The number of esters is 3. The largest absolute Gasteiger partial charge is 0.462 e. The van der Waals surface area contributed by atoms with Gasteiger partial charge in [0.25, 0.3) is 0 Å². The van der Waals surface area contributed by atoms with Gasteiger partial charge in [-0.2, -0.15) is 0 Å². The highest BCUT2D eigenvalue weighted by Gasteiger charge is 2.19. The van der Waals surface area contributed by atoms with Gasteiger partial charge in [-0.1, -0.05) is 191 Å². The highest BCUT2D eigenvalue weighted by atomic mass is 16.6. The molecule has 0 N–H and O–H groups in total. The van der Waals surface area contributed by atoms with Crippen LogP contribution in [0.15, 0.2) is 60.8 Å². The van der Waals surface area contributed by atoms with Crippen molar-refractivity contribution in [3.05, 3.63) is 60.8 Å². The molecule has 0 rings (SSSR count). The Labute approximate surface area is 358 Å². The molecule has 58 heavy (non-hydrogen) atoms. The molecule has 0 radical (unpaired) electrons. The van der Waals surface area contributed by atoms with Crippen LogP contribution in [0.1, 0.15) is 233 Å². The lowest BCUT2D eigenvalue weighted by Gasteiger charge is -2.18. The number of hydrogen-bond acceptors (Lipinski definition) is 6. The van der Waals surface area contributed by atoms with Crippen molar-refractivity contribution in [2.75, 3.05) is 13.2 Å². The fourth-order valence-corrected chi connectivity index (χ4v) is 6.60. The summed E-state index contributed by atoms with van der Waals surface area (Å²) in [6.07, 6.45) is 56.3. The Morgan fingerprint density at radius 3 is 1.09 bits per heavy atom. The third kappa shape index (κ3) is 44.2. The standard InChI is InChI=1S/C52H90O6/c1-4-7-10-13-16-19-21-23-25-26-28-29-31-33-36-39-42-45-51(54)57-48-49(47-56-50(53)44-41-38-35-18-15-12-9-6-3)58-52(55)46-43-40-37-34-32-30-27-24-22-20-17-14-11-8-5-2/h7,10,16-17,19-20,23-25,27,49H,4-6,8-9,11-15,18,21-22,26,28-48H2,1-3H3/b10-7-,19-16-,20-17-,25-23-,27-24-. The minimum atomic E-state index is -0.781. The first kappa shape index (κ1) is 55.1. The number of carbonyl (C=O) groups excluding carboxylic acids is 3. The lowest BCUT2D eigenvalue weighted by atomic mass is 10.1. The van der Waals surface area contributed by atoms with Crippen molar-refractivity contribution in [2.45, 2.75) is 239 Å². The van der Waals surface area contributed by atoms with Crippen molar-refractivity contribution in [3.63, 3.8) is 0 Å². The zero-order valence-electron chi connectivity index (χ0n) is 38.0. The molecule has 334 valence electrons. The van der Waals surface area contributed by atoms with Crippen molar-refractivity contribution in [1.82, 2.24) is 0 Å². The van der Waals surface area contributed by atoms with E-state index in [4.69, 9.17) is 14.2 Å². The van der Waals surface area contributed by atoms with Gasteiger partial charge < -0.3 is 14.2 Å². The molecule has 0 fully saturated rings. The van der Waals surface area contributed by atoms with Crippen molar-refractivity contribution < 1.29 is 28.6 Å². The first-order valence-corrected chi connectivity index (χ1v) is 24.3. The summed E-state index contributed by atoms with van der Waals surface area (Å²) in [7, 11) is 0. The Hall–Kier alpha value is -2.89. The van der Waals surface area contributed by atoms with Crippen molar-refractivity contribution in [2.24, 2.45) is 0 Å². The molecule has 0 aliphatic carbocycles. The van der Waals surface area contributed by atoms with E-state index in [1.54, 1.807) is 0 Å². The fraction of sp³-hybridized carbons (Fsp3) is 0.750. The number of rotatable bonds is 43. The zero-order chi connectivity index (χ0) is 42.3. The van der Waals surface area contributed by atoms with Gasteiger partial charge in [-0.3, -0.25) is 14.4 Å². The molecule has 0 saturated heterocycles. The number of hydrogen-bond donors (Lipinski definition) is 0. The second-order valence-electron chi connectivity index (χ2n) is 16.0. The third-order valence-corrected chi connectivity index (χ3v) is 10.3. The summed E-state index contributed by atoms with van der Waals surface area (Å²) in [4.78, 5) is 37.8. The van der Waals surface area contributed by atoms with Gasteiger partial charge in [0.2, 0.25) is 0 Å². The van der Waals surface area contributed by atoms with E-state index < -0.39 is 6.10 Å². The Bertz CT molecular complexity index is 1070. The highest BCUT2D eigenvalue weighted by Crippen LogP contribution is 2.14. The molecular formula is C52H90O6. The molecule has 0 bridgehead atoms. The van der Waals surface area contributed by atoms with Crippen LogP contribution >= 0.6 is 0 Å². The van der Waals surface area contributed by atoms with Crippen LogP contribution in [-0.2, 0) is 28.6 Å². The molecule has 0 saturated carbocycles. The Balaban J connectivity index is 4.35. The minimum absolute atomic E-state index is 0.0825. The minimum Gasteiger partial charge on any atom is -0.462 e. The highest BCUT2D eigenvalue weighted by molar-refractivity contribution is 5.71. The molecule has 0 heterocycles. The Morgan fingerprint density at radius 2 is 0.672 bits per heavy atom. The summed E-state index contributed by atoms with van der Waals surface area (Å²) in [5, 5.41) is 0. The van der Waals surface area contributed by atoms with Crippen LogP contribution in [0.25, 0.3) is 0 Å². The summed E-state index contributed by atoms with van der Waals surface area (Å²) >= 11 is 0. The van der Waals surface area contributed by atoms with Crippen LogP contribution in [-0.4, -0.2) is 37.2 Å². The van der Waals surface area contributed by atoms with E-state index in [2.05, 4.69) is 81.5 Å². The third-order valence-electron chi connectivity index (χ3n) is 10.3. The first-order valence-electron chi connectivity index (χ1n) is 24.3. The summed E-state index contributed by atoms with van der Waals surface area (Å²) in [5.41, 5.74) is 0. The summed E-state index contributed by atoms with van der Waals surface area (Å²) in [6, 6.07) is 0. The quantitative estimate of drug-likeness (QED) is 0.0264. The van der Waals surface area contributed by atoms with Crippen LogP contribution < -0.4 is 0 Å². The smallest absolute Gasteiger partial charge is 0.306 e. The van der Waals surface area contributed by atoms with Crippen molar-refractivity contribution in [1.29, 1.82) is 0 Å². The van der Waals surface area contributed by atoms with E-state index >= 15 is 0 Å². The van der Waals surface area contributed by atoms with Gasteiger partial charge in [0.05, 0.1) is 0 Å². The second-order valence-corrected chi connectivity index (χ2v) is 16.0. The predicted molar refractivity (Wildman–Crippen MR) is 247 cm³/mol. The molecule has 0 aromatic rings. The van der Waals surface area contributed by atoms with Crippen LogP contribution in [0.2, 0.25) is 0 Å². The molecule has 6 heteroatoms. The average molecular weight is 811 g/mol. The van der Waals surface area contributed by atoms with E-state index in [1.165, 1.54) is 83.5 Å². The van der Waals surface area contributed by atoms with Gasteiger partial charge in [0.1, 0.15) is 13.2 Å². The van der Waals surface area contributed by atoms with E-state index in [0.717, 1.165) is 109 Å². The number of carbonyl (C=O) groups is 3. The van der Waals surface area contributed by atoms with Crippen LogP contribution in [0.4, 0.5) is 0 Å². The van der Waals surface area contributed by atoms with Gasteiger partial charge in [0.15, 0.2) is 6.10 Å². The SMILES string of the molecule is CC/C=C\C/C=C\C/C=C\CCCCCCCCCC(=O)OCC(COC(=O)CCCCCCCCCC)OC(=O)CCCCCCC/C=C\C/C=C\CCCCC. The number of allylic oxidation sites excluding steroid dienone is 10. The Kier molecular flexibility index (Phi) is 44.5. The van der Waals surface area contributed by atoms with Gasteiger partial charge in [0, 0.05) is 19.3 Å². The summed E-state index contributed by atoms with van der Waals surface area (Å²) in [5.74, 6) is -0.911. The van der Waals surface area contributed by atoms with Gasteiger partial charge in [-0.15, -0.1) is 0 Å². The first-order chi connectivity index (χ1) is 28.5. The van der Waals surface area contributed by atoms with Gasteiger partial charge in [-0.25, -0.2) is 0 Å². The second kappa shape index (κ2) is 46.8. The monoisotopic (exact) mass is 811 g/mol. The predicted octanol–water partition coefficient (Wildman–Crippen LogP) is 15.7. The topological polar surface area (TPSA) is 78.9 Å². The lowest BCUT2D eigenvalue weighted by molar-refractivity contribution is -0.167. The Morgan fingerprint density at radius 1 is 0.362 bits per heavy atom. The lowest BCUT2D eigenvalue weighted by Crippen LogP contribution is -2.30. The van der Waals surface area contributed by atoms with E-state index in [0.29, 0.717) is 19.3 Å². The van der Waals surface area contributed by atoms with Gasteiger partial charge in [-0.05, 0) is 83.5 Å². The van der Waals surface area contributed by atoms with E-state index in [-0.39, 0.29) is 31.1 Å². The molecule has 0 amide bonds. The van der Waals surface area contributed by atoms with Gasteiger partial charge >= 0.3 is 17.9 Å². The van der Waals surface area contributed by atoms with Crippen molar-refractivity contribution in [3.8, 4) is 0 Å². The maximum Gasteiger partial charge on any atom is 0.306 e. The molecule has 1 atom stereocenters. The maximum absolute atomic E-state index is 12.7. The average Bonchev–Trinajstić information content (AvgIpc) is 3.22. The normalized spacial score (nSPS) is 12.5. The molecule has 0 aromatic heterocycles. The zero-order valence-corrected chi connectivity index (χ0v) is 38.0. The molecule has 0 spiro atoms. The van der Waals surface area contributed by atoms with Crippen LogP contribution in [0, 0.1) is 0 Å². The molecule has 0 aliphatic heterocycles. The molecule has 6 nitrogen and oxygen atoms in total. The van der Waals surface area contributed by atoms with E-state index in [9.17, 15) is 14.4 Å². The van der Waals surface area contributed by atoms with E-state index in [1.807, 2.05) is 0 Å². The maximum atomic E-state index is 12.7. The number of unbranched alkanes of at least 4 members (excludes halogenated alkanes) is 22. The summed E-state index contributed by atoms with van der Waals surface area (Å²) in [6.45, 7) is 6.45. The summed E-state index contributed by atoms with van der Waals surface area (Å²) < 4.78 is 16.7. The number of ether oxygens (including phenoxy) is 3. The molecule has 0 aliphatic rings. The van der Waals surface area contributed by atoms with Crippen LogP contribution in [0.3, 0.4) is 0 Å². The fourth-order valence-electron chi connectivity index (χ4n) is 6.60. The van der Waals surface area contributed by atoms with Crippen molar-refractivity contribution >= 4 is 17.9 Å².